The number of benzene rings is 2. The molecule has 0 bridgehead atoms. The maximum Gasteiger partial charge on any atom is 0.251 e. The van der Waals surface area contributed by atoms with Gasteiger partial charge in [0, 0.05) is 23.5 Å². The molecule has 2 aromatic rings. The highest BCUT2D eigenvalue weighted by Crippen LogP contribution is 2.21. The smallest absolute Gasteiger partial charge is 0.251 e. The van der Waals surface area contributed by atoms with Gasteiger partial charge in [0.05, 0.1) is 6.54 Å². The first kappa shape index (κ1) is 18.5. The molecule has 0 atom stereocenters. The first-order chi connectivity index (χ1) is 11.9. The molecule has 5 heteroatoms. The molecule has 0 saturated heterocycles. The van der Waals surface area contributed by atoms with Crippen molar-refractivity contribution in [2.75, 3.05) is 23.7 Å². The van der Waals surface area contributed by atoms with E-state index in [1.807, 2.05) is 45.9 Å². The molecule has 0 aliphatic carbocycles. The molecule has 0 unspecified atom stereocenters. The van der Waals surface area contributed by atoms with Gasteiger partial charge in [-0.15, -0.1) is 0 Å². The number of hydrogen-bond donors (Lipinski definition) is 3. The lowest BCUT2D eigenvalue weighted by molar-refractivity contribution is -0.114. The van der Waals surface area contributed by atoms with Gasteiger partial charge in [-0.05, 0) is 57.0 Å². The zero-order valence-electron chi connectivity index (χ0n) is 15.2. The lowest BCUT2D eigenvalue weighted by Crippen LogP contribution is -2.24. The number of nitrogens with one attached hydrogen (secondary N) is 3. The molecule has 132 valence electrons. The van der Waals surface area contributed by atoms with Crippen molar-refractivity contribution in [3.05, 3.63) is 58.7 Å². The van der Waals surface area contributed by atoms with Gasteiger partial charge in [0.1, 0.15) is 0 Å². The maximum atomic E-state index is 12.2. The van der Waals surface area contributed by atoms with Crippen molar-refractivity contribution >= 4 is 23.2 Å². The Kier molecular flexibility index (Phi) is 6.17. The monoisotopic (exact) mass is 339 g/mol. The van der Waals surface area contributed by atoms with Crippen LogP contribution in [0.3, 0.4) is 0 Å². The molecule has 2 amide bonds. The zero-order chi connectivity index (χ0) is 18.4. The van der Waals surface area contributed by atoms with E-state index in [1.165, 1.54) is 5.56 Å². The third kappa shape index (κ3) is 5.08. The van der Waals surface area contributed by atoms with E-state index in [9.17, 15) is 9.59 Å². The quantitative estimate of drug-likeness (QED) is 0.755. The third-order valence-electron chi connectivity index (χ3n) is 3.86. The van der Waals surface area contributed by atoms with E-state index in [0.717, 1.165) is 22.5 Å². The summed E-state index contributed by atoms with van der Waals surface area (Å²) in [6, 6.07) is 11.2. The molecule has 0 fully saturated rings. The van der Waals surface area contributed by atoms with Crippen LogP contribution in [0.15, 0.2) is 36.4 Å². The summed E-state index contributed by atoms with van der Waals surface area (Å²) in [4.78, 5) is 24.1. The summed E-state index contributed by atoms with van der Waals surface area (Å²) >= 11 is 0. The Morgan fingerprint density at radius 1 is 1.00 bits per heavy atom. The Morgan fingerprint density at radius 3 is 2.32 bits per heavy atom. The first-order valence-corrected chi connectivity index (χ1v) is 8.40. The first-order valence-electron chi connectivity index (χ1n) is 8.40. The van der Waals surface area contributed by atoms with E-state index >= 15 is 0 Å². The summed E-state index contributed by atoms with van der Waals surface area (Å²) in [5, 5.41) is 8.77. The number of amides is 2. The van der Waals surface area contributed by atoms with E-state index in [0.29, 0.717) is 12.1 Å². The van der Waals surface area contributed by atoms with E-state index in [2.05, 4.69) is 16.0 Å². The van der Waals surface area contributed by atoms with E-state index in [1.54, 1.807) is 18.2 Å². The van der Waals surface area contributed by atoms with Gasteiger partial charge in [-0.1, -0.05) is 23.8 Å². The van der Waals surface area contributed by atoms with Gasteiger partial charge in [0.2, 0.25) is 5.91 Å². The summed E-state index contributed by atoms with van der Waals surface area (Å²) < 4.78 is 0. The predicted molar refractivity (Wildman–Crippen MR) is 102 cm³/mol. The highest BCUT2D eigenvalue weighted by molar-refractivity contribution is 5.96. The van der Waals surface area contributed by atoms with Gasteiger partial charge in [-0.25, -0.2) is 0 Å². The van der Waals surface area contributed by atoms with Crippen LogP contribution >= 0.6 is 0 Å². The minimum Gasteiger partial charge on any atom is -0.376 e. The van der Waals surface area contributed by atoms with Crippen molar-refractivity contribution in [2.24, 2.45) is 0 Å². The molecular weight excluding hydrogens is 314 g/mol. The standard InChI is InChI=1S/C20H25N3O2/c1-5-21-20(25)16-7-6-8-17(11-16)22-12-18(24)23-19-14(3)9-13(2)10-15(19)4/h6-11,22H,5,12H2,1-4H3,(H,21,25)(H,23,24). The molecule has 0 heterocycles. The van der Waals surface area contributed by atoms with Crippen molar-refractivity contribution in [3.63, 3.8) is 0 Å². The van der Waals surface area contributed by atoms with Gasteiger partial charge in [-0.2, -0.15) is 0 Å². The second-order valence-electron chi connectivity index (χ2n) is 6.12. The maximum absolute atomic E-state index is 12.2. The Balaban J connectivity index is 1.99. The highest BCUT2D eigenvalue weighted by atomic mass is 16.2. The number of anilines is 2. The fourth-order valence-corrected chi connectivity index (χ4v) is 2.78. The van der Waals surface area contributed by atoms with Gasteiger partial charge >= 0.3 is 0 Å². The topological polar surface area (TPSA) is 70.2 Å². The average Bonchev–Trinajstić information content (AvgIpc) is 2.56. The summed E-state index contributed by atoms with van der Waals surface area (Å²) in [6.07, 6.45) is 0. The highest BCUT2D eigenvalue weighted by Gasteiger charge is 2.09. The fourth-order valence-electron chi connectivity index (χ4n) is 2.78. The van der Waals surface area contributed by atoms with E-state index in [4.69, 9.17) is 0 Å². The van der Waals surface area contributed by atoms with Gasteiger partial charge < -0.3 is 16.0 Å². The number of rotatable bonds is 6. The Labute approximate surface area is 148 Å². The minimum absolute atomic E-state index is 0.124. The lowest BCUT2D eigenvalue weighted by Gasteiger charge is -2.14. The number of hydrogen-bond acceptors (Lipinski definition) is 3. The molecule has 2 rings (SSSR count). The van der Waals surface area contributed by atoms with Crippen molar-refractivity contribution in [1.29, 1.82) is 0 Å². The summed E-state index contributed by atoms with van der Waals surface area (Å²) in [5.74, 6) is -0.250. The number of carbonyl (C=O) groups is 2. The van der Waals surface area contributed by atoms with Crippen LogP contribution in [0.5, 0.6) is 0 Å². The molecule has 25 heavy (non-hydrogen) atoms. The second kappa shape index (κ2) is 8.33. The third-order valence-corrected chi connectivity index (χ3v) is 3.86. The van der Waals surface area contributed by atoms with Crippen LogP contribution in [0.1, 0.15) is 34.0 Å². The molecule has 0 aromatic heterocycles. The minimum atomic E-state index is -0.126. The van der Waals surface area contributed by atoms with Crippen LogP contribution in [-0.2, 0) is 4.79 Å². The van der Waals surface area contributed by atoms with E-state index in [-0.39, 0.29) is 18.4 Å². The normalized spacial score (nSPS) is 10.2. The van der Waals surface area contributed by atoms with Crippen LogP contribution in [0.4, 0.5) is 11.4 Å². The molecule has 0 radical (unpaired) electrons. The molecule has 0 aliphatic rings. The van der Waals surface area contributed by atoms with Gasteiger partial charge in [0.25, 0.3) is 5.91 Å². The molecule has 0 spiro atoms. The second-order valence-corrected chi connectivity index (χ2v) is 6.12. The molecular formula is C20H25N3O2. The van der Waals surface area contributed by atoms with Crippen LogP contribution in [-0.4, -0.2) is 24.9 Å². The largest absolute Gasteiger partial charge is 0.376 e. The SMILES string of the molecule is CCNC(=O)c1cccc(NCC(=O)Nc2c(C)cc(C)cc2C)c1. The Hall–Kier alpha value is -2.82. The number of aryl methyl sites for hydroxylation is 3. The Morgan fingerprint density at radius 2 is 1.68 bits per heavy atom. The fraction of sp³-hybridized carbons (Fsp3) is 0.300. The van der Waals surface area contributed by atoms with Gasteiger partial charge in [-0.3, -0.25) is 9.59 Å². The molecule has 5 nitrogen and oxygen atoms in total. The lowest BCUT2D eigenvalue weighted by atomic mass is 10.1. The zero-order valence-corrected chi connectivity index (χ0v) is 15.2. The molecule has 0 aliphatic heterocycles. The van der Waals surface area contributed by atoms with Crippen molar-refractivity contribution in [3.8, 4) is 0 Å². The van der Waals surface area contributed by atoms with Gasteiger partial charge in [0.15, 0.2) is 0 Å². The molecule has 2 aromatic carbocycles. The molecule has 3 N–H and O–H groups in total. The van der Waals surface area contributed by atoms with Crippen LogP contribution in [0.2, 0.25) is 0 Å². The summed E-state index contributed by atoms with van der Waals surface area (Å²) in [6.45, 7) is 8.59. The summed E-state index contributed by atoms with van der Waals surface area (Å²) in [5.41, 5.74) is 5.42. The van der Waals surface area contributed by atoms with Crippen LogP contribution < -0.4 is 16.0 Å². The Bertz CT molecular complexity index is 761. The van der Waals surface area contributed by atoms with E-state index < -0.39 is 0 Å². The van der Waals surface area contributed by atoms with Crippen LogP contribution in [0, 0.1) is 20.8 Å². The predicted octanol–water partition coefficient (Wildman–Crippen LogP) is 3.41. The van der Waals surface area contributed by atoms with Crippen molar-refractivity contribution in [2.45, 2.75) is 27.7 Å². The number of carbonyl (C=O) groups excluding carboxylic acids is 2. The average molecular weight is 339 g/mol. The van der Waals surface area contributed by atoms with Crippen LogP contribution in [0.25, 0.3) is 0 Å². The molecule has 0 saturated carbocycles. The van der Waals surface area contributed by atoms with Crippen molar-refractivity contribution < 1.29 is 9.59 Å². The van der Waals surface area contributed by atoms with Crippen molar-refractivity contribution in [1.82, 2.24) is 5.32 Å². The summed E-state index contributed by atoms with van der Waals surface area (Å²) in [7, 11) is 0.